The summed E-state index contributed by atoms with van der Waals surface area (Å²) in [5, 5.41) is 12.2. The lowest BCUT2D eigenvalue weighted by atomic mass is 9.82. The number of methoxy groups -OCH3 is 1. The monoisotopic (exact) mass is 238 g/mol. The van der Waals surface area contributed by atoms with Gasteiger partial charge in [-0.1, -0.05) is 26.2 Å². The summed E-state index contributed by atoms with van der Waals surface area (Å²) in [5.41, 5.74) is -1.51. The smallest absolute Gasteiger partial charge is 0.253 e. The van der Waals surface area contributed by atoms with Crippen molar-refractivity contribution in [2.24, 2.45) is 0 Å². The van der Waals surface area contributed by atoms with Crippen LogP contribution in [-0.4, -0.2) is 24.2 Å². The van der Waals surface area contributed by atoms with Crippen molar-refractivity contribution in [1.82, 2.24) is 5.32 Å². The van der Waals surface area contributed by atoms with E-state index in [0.717, 1.165) is 32.1 Å². The fourth-order valence-corrected chi connectivity index (χ4v) is 2.17. The number of amides is 1. The zero-order chi connectivity index (χ0) is 12.9. The maximum Gasteiger partial charge on any atom is 0.253 e. The maximum atomic E-state index is 12.2. The molecule has 1 aliphatic carbocycles. The largest absolute Gasteiger partial charge is 0.369 e. The number of ether oxygens (including phenoxy) is 1. The van der Waals surface area contributed by atoms with Gasteiger partial charge < -0.3 is 10.1 Å². The number of rotatable bonds is 4. The Balaban J connectivity index is 2.75. The Morgan fingerprint density at radius 3 is 2.47 bits per heavy atom. The molecule has 1 atom stereocenters. The second kappa shape index (κ2) is 5.50. The molecule has 0 saturated heterocycles. The Morgan fingerprint density at radius 2 is 2.06 bits per heavy atom. The molecular weight excluding hydrogens is 216 g/mol. The number of nitrogens with one attached hydrogen (secondary N) is 1. The maximum absolute atomic E-state index is 12.2. The van der Waals surface area contributed by atoms with Gasteiger partial charge in [0.2, 0.25) is 0 Å². The van der Waals surface area contributed by atoms with Crippen LogP contribution in [-0.2, 0) is 9.53 Å². The van der Waals surface area contributed by atoms with Gasteiger partial charge in [0.15, 0.2) is 0 Å². The number of hydrogen-bond donors (Lipinski definition) is 1. The van der Waals surface area contributed by atoms with Crippen LogP contribution < -0.4 is 5.32 Å². The predicted octanol–water partition coefficient (Wildman–Crippen LogP) is 2.14. The van der Waals surface area contributed by atoms with Crippen LogP contribution >= 0.6 is 0 Å². The number of nitriles is 1. The van der Waals surface area contributed by atoms with E-state index < -0.39 is 11.1 Å². The number of carbonyl (C=O) groups excluding carboxylic acids is 1. The van der Waals surface area contributed by atoms with E-state index in [4.69, 9.17) is 4.74 Å². The number of carbonyl (C=O) groups is 1. The van der Waals surface area contributed by atoms with E-state index in [1.54, 1.807) is 6.92 Å². The fraction of sp³-hybridized carbons (Fsp3) is 0.846. The Hall–Kier alpha value is -1.08. The third-order valence-electron chi connectivity index (χ3n) is 3.88. The van der Waals surface area contributed by atoms with Gasteiger partial charge in [-0.25, -0.2) is 0 Å². The van der Waals surface area contributed by atoms with Crippen molar-refractivity contribution in [2.45, 2.75) is 63.5 Å². The lowest BCUT2D eigenvalue weighted by molar-refractivity contribution is -0.143. The van der Waals surface area contributed by atoms with E-state index in [1.165, 1.54) is 7.11 Å². The molecule has 17 heavy (non-hydrogen) atoms. The van der Waals surface area contributed by atoms with Gasteiger partial charge >= 0.3 is 0 Å². The topological polar surface area (TPSA) is 62.1 Å². The molecule has 0 aliphatic heterocycles. The fourth-order valence-electron chi connectivity index (χ4n) is 2.17. The molecule has 4 nitrogen and oxygen atoms in total. The molecule has 0 bridgehead atoms. The number of nitrogens with zero attached hydrogens (tertiary/aromatic N) is 1. The highest BCUT2D eigenvalue weighted by Gasteiger charge is 2.39. The third-order valence-corrected chi connectivity index (χ3v) is 3.88. The minimum Gasteiger partial charge on any atom is -0.369 e. The first-order chi connectivity index (χ1) is 8.02. The molecule has 0 aromatic rings. The lowest BCUT2D eigenvalue weighted by Crippen LogP contribution is -2.56. The first-order valence-electron chi connectivity index (χ1n) is 6.31. The molecule has 1 fully saturated rings. The zero-order valence-electron chi connectivity index (χ0n) is 11.0. The highest BCUT2D eigenvalue weighted by molar-refractivity contribution is 5.85. The van der Waals surface area contributed by atoms with Crippen LogP contribution in [0.15, 0.2) is 0 Å². The van der Waals surface area contributed by atoms with E-state index in [-0.39, 0.29) is 5.91 Å². The normalized spacial score (nSPS) is 22.2. The van der Waals surface area contributed by atoms with Gasteiger partial charge in [-0.2, -0.15) is 5.26 Å². The molecule has 0 heterocycles. The van der Waals surface area contributed by atoms with Gasteiger partial charge in [0.25, 0.3) is 5.91 Å². The second-order valence-electron chi connectivity index (χ2n) is 5.00. The van der Waals surface area contributed by atoms with Gasteiger partial charge in [-0.3, -0.25) is 4.79 Å². The minimum atomic E-state index is -0.832. The molecule has 4 heteroatoms. The molecule has 0 aromatic heterocycles. The molecule has 1 N–H and O–H groups in total. The summed E-state index contributed by atoms with van der Waals surface area (Å²) in [6.45, 7) is 3.67. The van der Waals surface area contributed by atoms with E-state index in [9.17, 15) is 10.1 Å². The lowest BCUT2D eigenvalue weighted by Gasteiger charge is -2.35. The molecule has 1 amide bonds. The molecule has 1 aliphatic rings. The first-order valence-corrected chi connectivity index (χ1v) is 6.31. The van der Waals surface area contributed by atoms with Gasteiger partial charge in [0.05, 0.1) is 6.07 Å². The van der Waals surface area contributed by atoms with Crippen LogP contribution in [0.5, 0.6) is 0 Å². The van der Waals surface area contributed by atoms with Crippen LogP contribution in [0.1, 0.15) is 52.4 Å². The van der Waals surface area contributed by atoms with Crippen LogP contribution in [0.4, 0.5) is 0 Å². The zero-order valence-corrected chi connectivity index (χ0v) is 11.0. The summed E-state index contributed by atoms with van der Waals surface area (Å²) in [6.07, 6.45) is 5.25. The quantitative estimate of drug-likeness (QED) is 0.816. The van der Waals surface area contributed by atoms with Gasteiger partial charge in [-0.05, 0) is 26.2 Å². The number of hydrogen-bond acceptors (Lipinski definition) is 3. The van der Waals surface area contributed by atoms with Crippen molar-refractivity contribution in [3.8, 4) is 6.07 Å². The van der Waals surface area contributed by atoms with Crippen molar-refractivity contribution >= 4 is 5.91 Å². The van der Waals surface area contributed by atoms with E-state index in [2.05, 4.69) is 11.4 Å². The SMILES string of the molecule is CCC(C)(OC)C(=O)NC1(C#N)CCCCC1. The summed E-state index contributed by atoms with van der Waals surface area (Å²) >= 11 is 0. The average molecular weight is 238 g/mol. The van der Waals surface area contributed by atoms with Crippen LogP contribution in [0, 0.1) is 11.3 Å². The van der Waals surface area contributed by atoms with Gasteiger partial charge in [0.1, 0.15) is 11.1 Å². The Labute approximate surface area is 103 Å². The summed E-state index contributed by atoms with van der Waals surface area (Å²) in [4.78, 5) is 12.2. The predicted molar refractivity (Wildman–Crippen MR) is 65.3 cm³/mol. The summed E-state index contributed by atoms with van der Waals surface area (Å²) in [7, 11) is 1.53. The van der Waals surface area contributed by atoms with Crippen molar-refractivity contribution in [3.05, 3.63) is 0 Å². The van der Waals surface area contributed by atoms with Crippen LogP contribution in [0.3, 0.4) is 0 Å². The van der Waals surface area contributed by atoms with Crippen LogP contribution in [0.2, 0.25) is 0 Å². The molecule has 96 valence electrons. The van der Waals surface area contributed by atoms with Crippen molar-refractivity contribution < 1.29 is 9.53 Å². The van der Waals surface area contributed by atoms with E-state index in [0.29, 0.717) is 6.42 Å². The molecule has 0 aromatic carbocycles. The summed E-state index contributed by atoms with van der Waals surface area (Å²) < 4.78 is 5.26. The summed E-state index contributed by atoms with van der Waals surface area (Å²) in [5.74, 6) is -0.175. The summed E-state index contributed by atoms with van der Waals surface area (Å²) in [6, 6.07) is 2.28. The molecule has 1 saturated carbocycles. The van der Waals surface area contributed by atoms with Gasteiger partial charge in [-0.15, -0.1) is 0 Å². The highest BCUT2D eigenvalue weighted by Crippen LogP contribution is 2.28. The Morgan fingerprint density at radius 1 is 1.47 bits per heavy atom. The first kappa shape index (κ1) is 14.0. The van der Waals surface area contributed by atoms with Crippen molar-refractivity contribution in [2.75, 3.05) is 7.11 Å². The molecule has 1 unspecified atom stereocenters. The standard InChI is InChI=1S/C13H22N2O2/c1-4-12(2,17-3)11(16)15-13(10-14)8-6-5-7-9-13/h4-9H2,1-3H3,(H,15,16). The Kier molecular flexibility index (Phi) is 4.53. The third kappa shape index (κ3) is 2.98. The van der Waals surface area contributed by atoms with E-state index >= 15 is 0 Å². The van der Waals surface area contributed by atoms with Gasteiger partial charge in [0, 0.05) is 7.11 Å². The van der Waals surface area contributed by atoms with Crippen LogP contribution in [0.25, 0.3) is 0 Å². The van der Waals surface area contributed by atoms with Crippen molar-refractivity contribution in [1.29, 1.82) is 5.26 Å². The second-order valence-corrected chi connectivity index (χ2v) is 5.00. The van der Waals surface area contributed by atoms with E-state index in [1.807, 2.05) is 6.92 Å². The molecule has 0 radical (unpaired) electrons. The highest BCUT2D eigenvalue weighted by atomic mass is 16.5. The average Bonchev–Trinajstić information content (AvgIpc) is 2.38. The Bertz CT molecular complexity index is 310. The molecule has 1 rings (SSSR count). The minimum absolute atomic E-state index is 0.175. The molecule has 0 spiro atoms. The van der Waals surface area contributed by atoms with Crippen molar-refractivity contribution in [3.63, 3.8) is 0 Å². The molecular formula is C13H22N2O2.